The van der Waals surface area contributed by atoms with Gasteiger partial charge in [0.15, 0.2) is 0 Å². The second-order valence-corrected chi connectivity index (χ2v) is 8.29. The molecule has 164 valence electrons. The number of para-hydroxylation sites is 1. The summed E-state index contributed by atoms with van der Waals surface area (Å²) < 4.78 is 5.90. The van der Waals surface area contributed by atoms with Gasteiger partial charge in [0.25, 0.3) is 0 Å². The van der Waals surface area contributed by atoms with Gasteiger partial charge in [-0.3, -0.25) is 4.98 Å². The molecule has 1 aliphatic carbocycles. The van der Waals surface area contributed by atoms with Crippen LogP contribution < -0.4 is 15.4 Å². The molecule has 3 heterocycles. The Bertz CT molecular complexity index is 1310. The van der Waals surface area contributed by atoms with E-state index >= 15 is 0 Å². The molecule has 6 nitrogen and oxygen atoms in total. The van der Waals surface area contributed by atoms with Gasteiger partial charge in [-0.15, -0.1) is 6.42 Å². The van der Waals surface area contributed by atoms with Crippen LogP contribution in [0, 0.1) is 25.2 Å². The van der Waals surface area contributed by atoms with Crippen LogP contribution in [0.5, 0.6) is 11.5 Å². The van der Waals surface area contributed by atoms with E-state index in [0.717, 1.165) is 45.6 Å². The van der Waals surface area contributed by atoms with Crippen molar-refractivity contribution in [2.45, 2.75) is 25.8 Å². The van der Waals surface area contributed by atoms with E-state index < -0.39 is 0 Å². The smallest absolute Gasteiger partial charge is 0.207 e. The normalized spacial score (nSPS) is 17.9. The zero-order valence-corrected chi connectivity index (χ0v) is 18.5. The van der Waals surface area contributed by atoms with Gasteiger partial charge in [-0.25, -0.2) is 9.97 Å². The fraction of sp³-hybridized carbons (Fsp3) is 0.222. The van der Waals surface area contributed by atoms with E-state index in [1.807, 2.05) is 61.5 Å². The molecule has 2 aliphatic rings. The number of hydrogen-bond acceptors (Lipinski definition) is 6. The Balaban J connectivity index is 0.000000324. The van der Waals surface area contributed by atoms with Crippen LogP contribution in [0.2, 0.25) is 0 Å². The Morgan fingerprint density at radius 1 is 1.09 bits per heavy atom. The maximum absolute atomic E-state index is 5.90. The Kier molecular flexibility index (Phi) is 5.88. The van der Waals surface area contributed by atoms with Gasteiger partial charge in [-0.05, 0) is 86.2 Å². The number of terminal acetylenes is 1. The third kappa shape index (κ3) is 4.94. The van der Waals surface area contributed by atoms with E-state index in [1.165, 1.54) is 19.4 Å². The molecule has 0 radical (unpaired) electrons. The lowest BCUT2D eigenvalue weighted by Crippen LogP contribution is -2.10. The fourth-order valence-electron chi connectivity index (χ4n) is 4.02. The zero-order chi connectivity index (χ0) is 22.6. The molecule has 1 saturated carbocycles. The molecule has 2 aromatic heterocycles. The summed E-state index contributed by atoms with van der Waals surface area (Å²) in [7, 11) is 0. The first kappa shape index (κ1) is 20.9. The van der Waals surface area contributed by atoms with E-state index in [1.54, 1.807) is 12.4 Å². The summed E-state index contributed by atoms with van der Waals surface area (Å²) in [6.07, 6.45) is 11.8. The van der Waals surface area contributed by atoms with Gasteiger partial charge >= 0.3 is 0 Å². The number of hydrogen-bond donors (Lipinski definition) is 2. The van der Waals surface area contributed by atoms with Crippen molar-refractivity contribution in [1.29, 1.82) is 0 Å². The number of fused-ring (bicyclic) bond motifs is 2. The highest BCUT2D eigenvalue weighted by Gasteiger charge is 2.40. The van der Waals surface area contributed by atoms with Crippen LogP contribution in [-0.2, 0) is 0 Å². The Morgan fingerprint density at radius 3 is 2.61 bits per heavy atom. The molecule has 2 atom stereocenters. The first-order valence-electron chi connectivity index (χ1n) is 11.1. The van der Waals surface area contributed by atoms with Gasteiger partial charge in [0.1, 0.15) is 17.3 Å². The number of aryl methyl sites for hydroxylation is 1. The number of piperidine rings is 1. The minimum Gasteiger partial charge on any atom is -0.457 e. The predicted molar refractivity (Wildman–Crippen MR) is 131 cm³/mol. The van der Waals surface area contributed by atoms with Gasteiger partial charge in [-0.2, -0.15) is 0 Å². The van der Waals surface area contributed by atoms with Crippen LogP contribution in [0.3, 0.4) is 0 Å². The number of anilines is 2. The van der Waals surface area contributed by atoms with E-state index in [-0.39, 0.29) is 0 Å². The molecule has 1 saturated heterocycles. The quantitative estimate of drug-likeness (QED) is 0.428. The molecule has 0 amide bonds. The lowest BCUT2D eigenvalue weighted by molar-refractivity contribution is 0.478. The summed E-state index contributed by atoms with van der Waals surface area (Å²) in [5.41, 5.74) is 2.69. The lowest BCUT2D eigenvalue weighted by atomic mass is 10.2. The minimum absolute atomic E-state index is 0.352. The van der Waals surface area contributed by atoms with Gasteiger partial charge in [0.05, 0.1) is 5.52 Å². The molecule has 0 bridgehead atoms. The number of rotatable bonds is 4. The fourth-order valence-corrected chi connectivity index (χ4v) is 4.02. The Morgan fingerprint density at radius 2 is 1.94 bits per heavy atom. The molecule has 2 N–H and O–H groups in total. The molecular formula is C27H25N5O. The van der Waals surface area contributed by atoms with Gasteiger partial charge in [0.2, 0.25) is 5.82 Å². The average Bonchev–Trinajstić information content (AvgIpc) is 3.45. The van der Waals surface area contributed by atoms with E-state index in [0.29, 0.717) is 11.6 Å². The second kappa shape index (κ2) is 9.27. The summed E-state index contributed by atoms with van der Waals surface area (Å²) in [4.78, 5) is 12.8. The van der Waals surface area contributed by atoms with Crippen molar-refractivity contribution in [2.75, 3.05) is 11.9 Å². The molecule has 4 aromatic rings. The summed E-state index contributed by atoms with van der Waals surface area (Å²) in [6.45, 7) is 3.28. The number of nitrogens with zero attached hydrogens (tertiary/aromatic N) is 3. The van der Waals surface area contributed by atoms with E-state index in [4.69, 9.17) is 11.2 Å². The number of benzene rings is 2. The highest BCUT2D eigenvalue weighted by atomic mass is 16.5. The van der Waals surface area contributed by atoms with Crippen molar-refractivity contribution in [2.24, 2.45) is 5.92 Å². The molecular weight excluding hydrogens is 410 g/mol. The summed E-state index contributed by atoms with van der Waals surface area (Å²) in [5.74, 6) is 6.16. The van der Waals surface area contributed by atoms with Crippen molar-refractivity contribution in [3.63, 3.8) is 0 Å². The van der Waals surface area contributed by atoms with Crippen molar-refractivity contribution < 1.29 is 4.74 Å². The lowest BCUT2D eigenvalue weighted by Gasteiger charge is -2.12. The average molecular weight is 436 g/mol. The van der Waals surface area contributed by atoms with Crippen molar-refractivity contribution in [3.05, 3.63) is 78.4 Å². The van der Waals surface area contributed by atoms with Crippen molar-refractivity contribution in [1.82, 2.24) is 20.3 Å². The highest BCUT2D eigenvalue weighted by Crippen LogP contribution is 2.37. The first-order valence-corrected chi connectivity index (χ1v) is 11.1. The van der Waals surface area contributed by atoms with Crippen LogP contribution in [-0.4, -0.2) is 27.5 Å². The first-order chi connectivity index (χ1) is 16.2. The molecule has 6 heteroatoms. The standard InChI is InChI=1S/C22H16N4O.C5H9N/c1-3-21-25-19-7-5-4-6-18(19)22(26-21)24-16-8-9-20(15(2)14-16)27-17-10-12-23-13-11-17;1-2-6-5-3-4(1)5/h1,4-14H,2H3,(H,24,25,26);4-6H,1-3H2. The number of pyridine rings is 1. The molecule has 0 spiro atoms. The Hall–Kier alpha value is -3.95. The van der Waals surface area contributed by atoms with Crippen LogP contribution in [0.4, 0.5) is 11.5 Å². The van der Waals surface area contributed by atoms with Crippen LogP contribution >= 0.6 is 0 Å². The van der Waals surface area contributed by atoms with Crippen LogP contribution in [0.25, 0.3) is 10.9 Å². The molecule has 33 heavy (non-hydrogen) atoms. The van der Waals surface area contributed by atoms with Gasteiger partial charge in [-0.1, -0.05) is 12.1 Å². The van der Waals surface area contributed by atoms with Crippen molar-refractivity contribution >= 4 is 22.4 Å². The van der Waals surface area contributed by atoms with E-state index in [9.17, 15) is 0 Å². The molecule has 2 aromatic carbocycles. The molecule has 6 rings (SSSR count). The number of nitrogens with one attached hydrogen (secondary N) is 2. The summed E-state index contributed by atoms with van der Waals surface area (Å²) >= 11 is 0. The summed E-state index contributed by atoms with van der Waals surface area (Å²) in [6, 6.07) is 18.2. The predicted octanol–water partition coefficient (Wildman–Crippen LogP) is 5.22. The van der Waals surface area contributed by atoms with E-state index in [2.05, 4.69) is 31.5 Å². The van der Waals surface area contributed by atoms with Crippen molar-refractivity contribution in [3.8, 4) is 23.8 Å². The maximum atomic E-state index is 5.90. The number of ether oxygens (including phenoxy) is 1. The second-order valence-electron chi connectivity index (χ2n) is 8.29. The molecule has 2 unspecified atom stereocenters. The SMILES string of the molecule is C#Cc1nc(Nc2ccc(Oc3ccncc3)c(C)c2)c2ccccc2n1.C1CC2CC2N1. The third-order valence-electron chi connectivity index (χ3n) is 5.89. The third-order valence-corrected chi connectivity index (χ3v) is 5.89. The Labute approximate surface area is 193 Å². The van der Waals surface area contributed by atoms with Crippen LogP contribution in [0.1, 0.15) is 24.2 Å². The van der Waals surface area contributed by atoms with Gasteiger partial charge in [0, 0.05) is 29.5 Å². The van der Waals surface area contributed by atoms with Crippen LogP contribution in [0.15, 0.2) is 67.0 Å². The molecule has 2 fully saturated rings. The number of aromatic nitrogens is 3. The highest BCUT2D eigenvalue weighted by molar-refractivity contribution is 5.91. The topological polar surface area (TPSA) is 72.0 Å². The van der Waals surface area contributed by atoms with Gasteiger partial charge < -0.3 is 15.4 Å². The molecule has 1 aliphatic heterocycles. The zero-order valence-electron chi connectivity index (χ0n) is 18.5. The monoisotopic (exact) mass is 435 g/mol. The maximum Gasteiger partial charge on any atom is 0.207 e. The summed E-state index contributed by atoms with van der Waals surface area (Å²) in [5, 5.41) is 7.64. The largest absolute Gasteiger partial charge is 0.457 e. The minimum atomic E-state index is 0.352.